The van der Waals surface area contributed by atoms with Gasteiger partial charge in [0.05, 0.1) is 0 Å². The molecule has 0 atom stereocenters. The molecule has 1 aliphatic rings. The molecule has 1 N–H and O–H groups in total. The summed E-state index contributed by atoms with van der Waals surface area (Å²) >= 11 is 0. The van der Waals surface area contributed by atoms with E-state index in [1.165, 1.54) is 10.5 Å². The van der Waals surface area contributed by atoms with Crippen LogP contribution in [0.2, 0.25) is 0 Å². The van der Waals surface area contributed by atoms with E-state index < -0.39 is 0 Å². The minimum absolute atomic E-state index is 0.0882. The van der Waals surface area contributed by atoms with Gasteiger partial charge in [-0.2, -0.15) is 0 Å². The highest BCUT2D eigenvalue weighted by molar-refractivity contribution is 5.92. The Balaban J connectivity index is 1.57. The van der Waals surface area contributed by atoms with E-state index in [-0.39, 0.29) is 17.9 Å². The average molecular weight is 384 g/mol. The van der Waals surface area contributed by atoms with Gasteiger partial charge in [-0.3, -0.25) is 4.79 Å². The van der Waals surface area contributed by atoms with Crippen molar-refractivity contribution in [1.29, 1.82) is 0 Å². The second-order valence-corrected chi connectivity index (χ2v) is 7.40. The zero-order chi connectivity index (χ0) is 20.3. The largest absolute Gasteiger partial charge is 0.445 e. The van der Waals surface area contributed by atoms with Crippen LogP contribution in [0.4, 0.5) is 10.5 Å². The number of piperidine rings is 1. The van der Waals surface area contributed by atoms with Crippen LogP contribution in [0.1, 0.15) is 53.4 Å². The molecule has 28 heavy (non-hydrogen) atoms. The number of carbonyl (C=O) groups is 2. The van der Waals surface area contributed by atoms with Gasteiger partial charge in [0.2, 0.25) is 0 Å². The molecule has 2 heterocycles. The fraction of sp³-hybridized carbons (Fsp3) is 0.476. The van der Waals surface area contributed by atoms with E-state index in [2.05, 4.69) is 17.2 Å². The zero-order valence-electron chi connectivity index (χ0n) is 17.0. The van der Waals surface area contributed by atoms with E-state index in [1.54, 1.807) is 21.0 Å². The van der Waals surface area contributed by atoms with Crippen molar-refractivity contribution in [3.05, 3.63) is 47.2 Å². The smallest absolute Gasteiger partial charge is 0.321 e. The first-order chi connectivity index (χ1) is 13.4. The Morgan fingerprint density at radius 2 is 1.86 bits per heavy atom. The van der Waals surface area contributed by atoms with E-state index in [4.69, 9.17) is 4.42 Å². The lowest BCUT2D eigenvalue weighted by Crippen LogP contribution is -2.40. The number of anilines is 1. The minimum Gasteiger partial charge on any atom is -0.445 e. The second-order valence-electron chi connectivity index (χ2n) is 7.40. The van der Waals surface area contributed by atoms with Crippen molar-refractivity contribution in [2.45, 2.75) is 39.0 Å². The molecule has 0 radical (unpaired) electrons. The standard InChI is InChI=1S/C21H28N4O3/c1-5-15-6-8-17(9-7-15)22-21(27)25-12-10-16(11-13-25)19-23-18(14(2)28-19)20(26)24(3)4/h6-9,16H,5,10-13H2,1-4H3,(H,22,27). The van der Waals surface area contributed by atoms with E-state index in [0.29, 0.717) is 30.4 Å². The highest BCUT2D eigenvalue weighted by Crippen LogP contribution is 2.29. The maximum Gasteiger partial charge on any atom is 0.321 e. The maximum atomic E-state index is 12.5. The first-order valence-electron chi connectivity index (χ1n) is 9.73. The number of hydrogen-bond donors (Lipinski definition) is 1. The van der Waals surface area contributed by atoms with Gasteiger partial charge in [0.1, 0.15) is 5.76 Å². The number of rotatable bonds is 4. The summed E-state index contributed by atoms with van der Waals surface area (Å²) in [6.07, 6.45) is 2.50. The number of nitrogens with one attached hydrogen (secondary N) is 1. The molecule has 3 rings (SSSR count). The Labute approximate surface area is 165 Å². The number of carbonyl (C=O) groups excluding carboxylic acids is 2. The number of aromatic nitrogens is 1. The molecule has 150 valence electrons. The molecular formula is C21H28N4O3. The zero-order valence-corrected chi connectivity index (χ0v) is 17.0. The normalized spacial score (nSPS) is 14.8. The summed E-state index contributed by atoms with van der Waals surface area (Å²) in [6, 6.07) is 7.83. The molecule has 2 aromatic rings. The number of likely N-dealkylation sites (tertiary alicyclic amines) is 1. The third-order valence-electron chi connectivity index (χ3n) is 5.17. The van der Waals surface area contributed by atoms with Crippen molar-refractivity contribution in [2.24, 2.45) is 0 Å². The molecule has 1 saturated heterocycles. The van der Waals surface area contributed by atoms with Crippen LogP contribution in [0.3, 0.4) is 0 Å². The predicted molar refractivity (Wildman–Crippen MR) is 108 cm³/mol. The van der Waals surface area contributed by atoms with Gasteiger partial charge in [-0.15, -0.1) is 0 Å². The van der Waals surface area contributed by atoms with Crippen LogP contribution < -0.4 is 5.32 Å². The second kappa shape index (κ2) is 8.46. The number of urea groups is 1. The third kappa shape index (κ3) is 4.35. The van der Waals surface area contributed by atoms with Crippen LogP contribution in [0, 0.1) is 6.92 Å². The van der Waals surface area contributed by atoms with Gasteiger partial charge in [-0.1, -0.05) is 19.1 Å². The van der Waals surface area contributed by atoms with Crippen LogP contribution in [0.15, 0.2) is 28.7 Å². The SMILES string of the molecule is CCc1ccc(NC(=O)N2CCC(c3nc(C(=O)N(C)C)c(C)o3)CC2)cc1. The topological polar surface area (TPSA) is 78.7 Å². The molecule has 7 nitrogen and oxygen atoms in total. The summed E-state index contributed by atoms with van der Waals surface area (Å²) in [5.74, 6) is 1.11. The van der Waals surface area contributed by atoms with E-state index in [1.807, 2.05) is 29.2 Å². The monoisotopic (exact) mass is 384 g/mol. The minimum atomic E-state index is -0.154. The molecule has 1 aromatic heterocycles. The molecule has 3 amide bonds. The fourth-order valence-corrected chi connectivity index (χ4v) is 3.36. The highest BCUT2D eigenvalue weighted by Gasteiger charge is 2.29. The first kappa shape index (κ1) is 19.9. The molecule has 7 heteroatoms. The lowest BCUT2D eigenvalue weighted by Gasteiger charge is -2.30. The lowest BCUT2D eigenvalue weighted by atomic mass is 9.97. The van der Waals surface area contributed by atoms with E-state index in [0.717, 1.165) is 24.9 Å². The van der Waals surface area contributed by atoms with Crippen LogP contribution in [-0.4, -0.2) is 53.9 Å². The van der Waals surface area contributed by atoms with Crippen LogP contribution in [0.25, 0.3) is 0 Å². The van der Waals surface area contributed by atoms with Crippen molar-refractivity contribution in [2.75, 3.05) is 32.5 Å². The van der Waals surface area contributed by atoms with E-state index in [9.17, 15) is 9.59 Å². The number of amides is 3. The van der Waals surface area contributed by atoms with Crippen molar-refractivity contribution in [3.63, 3.8) is 0 Å². The van der Waals surface area contributed by atoms with Crippen molar-refractivity contribution >= 4 is 17.6 Å². The van der Waals surface area contributed by atoms with Gasteiger partial charge >= 0.3 is 6.03 Å². The summed E-state index contributed by atoms with van der Waals surface area (Å²) < 4.78 is 5.76. The number of nitrogens with zero attached hydrogens (tertiary/aromatic N) is 3. The van der Waals surface area contributed by atoms with Gasteiger partial charge in [-0.05, 0) is 43.9 Å². The summed E-state index contributed by atoms with van der Waals surface area (Å²) in [5, 5.41) is 2.96. The summed E-state index contributed by atoms with van der Waals surface area (Å²) in [4.78, 5) is 32.4. The van der Waals surface area contributed by atoms with Crippen molar-refractivity contribution in [3.8, 4) is 0 Å². The molecular weight excluding hydrogens is 356 g/mol. The fourth-order valence-electron chi connectivity index (χ4n) is 3.36. The highest BCUT2D eigenvalue weighted by atomic mass is 16.4. The Bertz CT molecular complexity index is 834. The molecule has 1 fully saturated rings. The van der Waals surface area contributed by atoms with E-state index >= 15 is 0 Å². The summed E-state index contributed by atoms with van der Waals surface area (Å²) in [7, 11) is 3.39. The Morgan fingerprint density at radius 3 is 2.43 bits per heavy atom. The van der Waals surface area contributed by atoms with Gasteiger partial charge in [0.15, 0.2) is 11.6 Å². The quantitative estimate of drug-likeness (QED) is 0.873. The Kier molecular flexibility index (Phi) is 6.02. The first-order valence-corrected chi connectivity index (χ1v) is 9.73. The lowest BCUT2D eigenvalue weighted by molar-refractivity contribution is 0.0821. The summed E-state index contributed by atoms with van der Waals surface area (Å²) in [6.45, 7) is 5.12. The maximum absolute atomic E-state index is 12.5. The van der Waals surface area contributed by atoms with Crippen molar-refractivity contribution in [1.82, 2.24) is 14.8 Å². The average Bonchev–Trinajstić information content (AvgIpc) is 3.09. The molecule has 0 saturated carbocycles. The number of benzene rings is 1. The Hall–Kier alpha value is -2.83. The summed E-state index contributed by atoms with van der Waals surface area (Å²) in [5.41, 5.74) is 2.42. The van der Waals surface area contributed by atoms with Gasteiger partial charge < -0.3 is 19.5 Å². The van der Waals surface area contributed by atoms with Crippen LogP contribution in [0.5, 0.6) is 0 Å². The molecule has 0 aliphatic carbocycles. The Morgan fingerprint density at radius 1 is 1.21 bits per heavy atom. The van der Waals surface area contributed by atoms with Gasteiger partial charge in [0, 0.05) is 38.8 Å². The molecule has 0 spiro atoms. The van der Waals surface area contributed by atoms with Crippen molar-refractivity contribution < 1.29 is 14.0 Å². The van der Waals surface area contributed by atoms with Crippen LogP contribution >= 0.6 is 0 Å². The van der Waals surface area contributed by atoms with Crippen LogP contribution in [-0.2, 0) is 6.42 Å². The predicted octanol–water partition coefficient (Wildman–Crippen LogP) is 3.66. The molecule has 1 aliphatic heterocycles. The molecule has 0 bridgehead atoms. The molecule has 0 unspecified atom stereocenters. The molecule has 1 aromatic carbocycles. The number of aryl methyl sites for hydroxylation is 2. The van der Waals surface area contributed by atoms with Gasteiger partial charge in [-0.25, -0.2) is 9.78 Å². The number of oxazole rings is 1. The third-order valence-corrected chi connectivity index (χ3v) is 5.17. The number of hydrogen-bond acceptors (Lipinski definition) is 4. The van der Waals surface area contributed by atoms with Gasteiger partial charge in [0.25, 0.3) is 5.91 Å².